The second-order valence-electron chi connectivity index (χ2n) is 3.90. The van der Waals surface area contributed by atoms with Gasteiger partial charge in [-0.3, -0.25) is 4.98 Å². The van der Waals surface area contributed by atoms with Crippen molar-refractivity contribution in [2.75, 3.05) is 5.73 Å². The van der Waals surface area contributed by atoms with E-state index in [1.165, 1.54) is 6.20 Å². The van der Waals surface area contributed by atoms with Gasteiger partial charge in [-0.1, -0.05) is 28.9 Å². The van der Waals surface area contributed by atoms with Crippen molar-refractivity contribution in [3.63, 3.8) is 0 Å². The van der Waals surface area contributed by atoms with Crippen molar-refractivity contribution in [1.29, 1.82) is 0 Å². The van der Waals surface area contributed by atoms with E-state index in [-0.39, 0.29) is 0 Å². The van der Waals surface area contributed by atoms with Crippen molar-refractivity contribution < 1.29 is 4.52 Å². The number of pyridine rings is 1. The second-order valence-corrected chi connectivity index (χ2v) is 4.31. The lowest BCUT2D eigenvalue weighted by atomic mass is 10.2. The van der Waals surface area contributed by atoms with Gasteiger partial charge in [-0.2, -0.15) is 4.98 Å². The molecule has 0 amide bonds. The van der Waals surface area contributed by atoms with Gasteiger partial charge in [-0.05, 0) is 18.2 Å². The van der Waals surface area contributed by atoms with Crippen molar-refractivity contribution in [1.82, 2.24) is 15.1 Å². The molecule has 3 aromatic rings. The van der Waals surface area contributed by atoms with Gasteiger partial charge in [0.2, 0.25) is 5.82 Å². The van der Waals surface area contributed by atoms with Gasteiger partial charge < -0.3 is 10.3 Å². The Bertz CT molecular complexity index is 726. The van der Waals surface area contributed by atoms with E-state index in [9.17, 15) is 0 Å². The molecule has 1 aromatic carbocycles. The van der Waals surface area contributed by atoms with Crippen LogP contribution in [0.15, 0.2) is 47.2 Å². The van der Waals surface area contributed by atoms with Crippen molar-refractivity contribution in [2.24, 2.45) is 0 Å². The molecule has 0 atom stereocenters. The predicted octanol–water partition coefficient (Wildman–Crippen LogP) is 3.03. The van der Waals surface area contributed by atoms with Gasteiger partial charge in [0.1, 0.15) is 0 Å². The summed E-state index contributed by atoms with van der Waals surface area (Å²) in [5.41, 5.74) is 7.81. The maximum Gasteiger partial charge on any atom is 0.259 e. The summed E-state index contributed by atoms with van der Waals surface area (Å²) in [5.74, 6) is 0.819. The molecule has 19 heavy (non-hydrogen) atoms. The first kappa shape index (κ1) is 11.7. The summed E-state index contributed by atoms with van der Waals surface area (Å²) < 4.78 is 5.21. The summed E-state index contributed by atoms with van der Waals surface area (Å²) in [4.78, 5) is 8.22. The largest absolute Gasteiger partial charge is 0.399 e. The highest BCUT2D eigenvalue weighted by Gasteiger charge is 2.13. The van der Waals surface area contributed by atoms with Gasteiger partial charge in [-0.25, -0.2) is 0 Å². The predicted molar refractivity (Wildman–Crippen MR) is 72.4 cm³/mol. The van der Waals surface area contributed by atoms with E-state index in [2.05, 4.69) is 15.1 Å². The maximum absolute atomic E-state index is 6.03. The van der Waals surface area contributed by atoms with Crippen LogP contribution in [0.3, 0.4) is 0 Å². The quantitative estimate of drug-likeness (QED) is 0.726. The number of rotatable bonds is 2. The Balaban J connectivity index is 2.03. The van der Waals surface area contributed by atoms with Crippen LogP contribution in [0.2, 0.25) is 5.02 Å². The lowest BCUT2D eigenvalue weighted by Crippen LogP contribution is -1.86. The molecular weight excluding hydrogens is 264 g/mol. The number of anilines is 1. The molecular formula is C13H9ClN4O. The van der Waals surface area contributed by atoms with Crippen molar-refractivity contribution in [3.8, 4) is 22.8 Å². The van der Waals surface area contributed by atoms with Crippen LogP contribution in [0.5, 0.6) is 0 Å². The molecule has 0 saturated heterocycles. The minimum absolute atomic E-state index is 0.352. The van der Waals surface area contributed by atoms with Gasteiger partial charge in [0.05, 0.1) is 10.6 Å². The van der Waals surface area contributed by atoms with E-state index in [0.717, 1.165) is 5.56 Å². The molecule has 0 aliphatic heterocycles. The first-order valence-electron chi connectivity index (χ1n) is 5.53. The average molecular weight is 273 g/mol. The minimum Gasteiger partial charge on any atom is -0.399 e. The SMILES string of the molecule is Nc1cccc(-c2noc(-c3ccncc3Cl)n2)c1. The van der Waals surface area contributed by atoms with E-state index >= 15 is 0 Å². The van der Waals surface area contributed by atoms with Crippen LogP contribution in [0, 0.1) is 0 Å². The third kappa shape index (κ3) is 2.28. The van der Waals surface area contributed by atoms with Crippen molar-refractivity contribution >= 4 is 17.3 Å². The Morgan fingerprint density at radius 2 is 2.11 bits per heavy atom. The fourth-order valence-electron chi connectivity index (χ4n) is 1.68. The maximum atomic E-state index is 6.03. The van der Waals surface area contributed by atoms with Crippen LogP contribution in [-0.2, 0) is 0 Å². The monoisotopic (exact) mass is 272 g/mol. The molecule has 2 aromatic heterocycles. The number of hydrogen-bond acceptors (Lipinski definition) is 5. The fraction of sp³-hybridized carbons (Fsp3) is 0. The lowest BCUT2D eigenvalue weighted by Gasteiger charge is -1.96. The normalized spacial score (nSPS) is 10.6. The lowest BCUT2D eigenvalue weighted by molar-refractivity contribution is 0.432. The molecule has 2 heterocycles. The third-order valence-corrected chi connectivity index (χ3v) is 2.87. The number of benzene rings is 1. The molecule has 5 nitrogen and oxygen atoms in total. The van der Waals surface area contributed by atoms with E-state index < -0.39 is 0 Å². The topological polar surface area (TPSA) is 77.8 Å². The molecule has 0 aliphatic rings. The number of nitrogen functional groups attached to an aromatic ring is 1. The molecule has 6 heteroatoms. The van der Waals surface area contributed by atoms with Gasteiger partial charge in [0.25, 0.3) is 5.89 Å². The van der Waals surface area contributed by atoms with Crippen LogP contribution in [0.1, 0.15) is 0 Å². The van der Waals surface area contributed by atoms with Gasteiger partial charge >= 0.3 is 0 Å². The molecule has 0 spiro atoms. The van der Waals surface area contributed by atoms with Crippen molar-refractivity contribution in [2.45, 2.75) is 0 Å². The van der Waals surface area contributed by atoms with Gasteiger partial charge in [0, 0.05) is 23.6 Å². The molecule has 0 unspecified atom stereocenters. The van der Waals surface area contributed by atoms with Crippen LogP contribution < -0.4 is 5.73 Å². The molecule has 2 N–H and O–H groups in total. The Morgan fingerprint density at radius 1 is 1.21 bits per heavy atom. The highest BCUT2D eigenvalue weighted by atomic mass is 35.5. The Hall–Kier alpha value is -2.40. The Kier molecular flexibility index (Phi) is 2.89. The Labute approximate surface area is 114 Å². The van der Waals surface area contributed by atoms with Crippen molar-refractivity contribution in [3.05, 3.63) is 47.7 Å². The van der Waals surface area contributed by atoms with Crippen LogP contribution >= 0.6 is 11.6 Å². The number of nitrogens with two attached hydrogens (primary N) is 1. The van der Waals surface area contributed by atoms with Gasteiger partial charge in [0.15, 0.2) is 0 Å². The molecule has 0 bridgehead atoms. The zero-order chi connectivity index (χ0) is 13.2. The third-order valence-electron chi connectivity index (χ3n) is 2.57. The standard InChI is InChI=1S/C13H9ClN4O/c14-11-7-16-5-4-10(11)13-17-12(18-19-13)8-2-1-3-9(15)6-8/h1-7H,15H2. The first-order chi connectivity index (χ1) is 9.24. The summed E-state index contributed by atoms with van der Waals surface area (Å²) in [6.07, 6.45) is 3.15. The zero-order valence-corrected chi connectivity index (χ0v) is 10.5. The second kappa shape index (κ2) is 4.70. The van der Waals surface area contributed by atoms with Crippen LogP contribution in [0.4, 0.5) is 5.69 Å². The molecule has 0 aliphatic carbocycles. The summed E-state index contributed by atoms with van der Waals surface area (Å²) in [6.45, 7) is 0. The summed E-state index contributed by atoms with van der Waals surface area (Å²) >= 11 is 6.03. The number of nitrogens with zero attached hydrogens (tertiary/aromatic N) is 3. The number of hydrogen-bond donors (Lipinski definition) is 1. The fourth-order valence-corrected chi connectivity index (χ4v) is 1.88. The molecule has 0 fully saturated rings. The Morgan fingerprint density at radius 3 is 2.89 bits per heavy atom. The van der Waals surface area contributed by atoms with E-state index in [0.29, 0.717) is 28.0 Å². The zero-order valence-electron chi connectivity index (χ0n) is 9.75. The summed E-state index contributed by atoms with van der Waals surface area (Å²) in [6, 6.07) is 8.99. The van der Waals surface area contributed by atoms with Crippen LogP contribution in [0.25, 0.3) is 22.8 Å². The van der Waals surface area contributed by atoms with E-state index in [4.69, 9.17) is 21.9 Å². The van der Waals surface area contributed by atoms with Gasteiger partial charge in [-0.15, -0.1) is 0 Å². The van der Waals surface area contributed by atoms with Crippen LogP contribution in [-0.4, -0.2) is 15.1 Å². The molecule has 3 rings (SSSR count). The molecule has 94 valence electrons. The highest BCUT2D eigenvalue weighted by molar-refractivity contribution is 6.32. The molecule has 0 saturated carbocycles. The van der Waals surface area contributed by atoms with E-state index in [1.807, 2.05) is 12.1 Å². The number of halogens is 1. The number of aromatic nitrogens is 3. The van der Waals surface area contributed by atoms with E-state index in [1.54, 1.807) is 24.4 Å². The average Bonchev–Trinajstić information content (AvgIpc) is 2.89. The minimum atomic E-state index is 0.352. The first-order valence-corrected chi connectivity index (χ1v) is 5.91. The smallest absolute Gasteiger partial charge is 0.259 e. The summed E-state index contributed by atoms with van der Waals surface area (Å²) in [7, 11) is 0. The molecule has 0 radical (unpaired) electrons. The highest BCUT2D eigenvalue weighted by Crippen LogP contribution is 2.27. The summed E-state index contributed by atoms with van der Waals surface area (Å²) in [5, 5.41) is 4.39.